The number of nitrogens with one attached hydrogen (secondary N) is 2. The zero-order valence-electron chi connectivity index (χ0n) is 18.0. The zero-order chi connectivity index (χ0) is 26.4. The van der Waals surface area contributed by atoms with Crippen LogP contribution in [-0.4, -0.2) is 43.4 Å². The van der Waals surface area contributed by atoms with Gasteiger partial charge in [-0.1, -0.05) is 30.8 Å². The number of fused-ring (bicyclic) bond motifs is 2. The summed E-state index contributed by atoms with van der Waals surface area (Å²) in [4.78, 5) is 36.5. The van der Waals surface area contributed by atoms with Gasteiger partial charge in [-0.2, -0.15) is 16.8 Å². The summed E-state index contributed by atoms with van der Waals surface area (Å²) >= 11 is 0. The number of rotatable bonds is 6. The first-order valence-electron chi connectivity index (χ1n) is 9.97. The average Bonchev–Trinajstić information content (AvgIpc) is 2.81. The lowest BCUT2D eigenvalue weighted by atomic mass is 9.83. The summed E-state index contributed by atoms with van der Waals surface area (Å²) in [7, 11) is -9.77. The maximum Gasteiger partial charge on any atom is 0.296 e. The number of hydrogen-bond donors (Lipinski definition) is 4. The van der Waals surface area contributed by atoms with Gasteiger partial charge in [-0.15, -0.1) is 0 Å². The molecular formula is C23H16N2O9S2. The molecule has 4 rings (SSSR count). The topological polar surface area (TPSA) is 184 Å². The summed E-state index contributed by atoms with van der Waals surface area (Å²) in [6.45, 7) is 3.28. The standard InChI is InChI=1S/C23H16N2O9S2/c1-2-20(26)24-12-7-8-17(19(9-12)36(32,33)34)25-18-11-13(35(29,30)31)10-16-21(18)23(28)15-6-4-3-5-14(15)22(16)27/h2-11,25H,1H2,(H,24,26)(H,29,30,31)(H,32,33,34). The van der Waals surface area contributed by atoms with E-state index in [0.29, 0.717) is 0 Å². The minimum Gasteiger partial charge on any atom is -0.354 e. The van der Waals surface area contributed by atoms with E-state index < -0.39 is 47.5 Å². The van der Waals surface area contributed by atoms with Crippen molar-refractivity contribution in [3.05, 3.63) is 89.5 Å². The van der Waals surface area contributed by atoms with E-state index in [9.17, 15) is 40.3 Å². The van der Waals surface area contributed by atoms with Gasteiger partial charge in [0.2, 0.25) is 5.91 Å². The number of hydrogen-bond acceptors (Lipinski definition) is 8. The fourth-order valence-corrected chi connectivity index (χ4v) is 4.91. The molecule has 1 aliphatic carbocycles. The van der Waals surface area contributed by atoms with Crippen molar-refractivity contribution in [2.45, 2.75) is 9.79 Å². The molecule has 0 fully saturated rings. The van der Waals surface area contributed by atoms with Gasteiger partial charge in [0.05, 0.1) is 21.8 Å². The van der Waals surface area contributed by atoms with Gasteiger partial charge in [0.1, 0.15) is 4.90 Å². The molecule has 13 heteroatoms. The highest BCUT2D eigenvalue weighted by Crippen LogP contribution is 2.37. The Morgan fingerprint density at radius 3 is 2.03 bits per heavy atom. The van der Waals surface area contributed by atoms with Crippen molar-refractivity contribution >= 4 is 54.8 Å². The maximum atomic E-state index is 13.3. The first kappa shape index (κ1) is 24.9. The Hall–Kier alpha value is -4.17. The van der Waals surface area contributed by atoms with Crippen LogP contribution < -0.4 is 10.6 Å². The molecule has 0 unspecified atom stereocenters. The van der Waals surface area contributed by atoms with Crippen LogP contribution in [0.2, 0.25) is 0 Å². The second kappa shape index (κ2) is 8.80. The molecule has 3 aromatic carbocycles. The van der Waals surface area contributed by atoms with Gasteiger partial charge in [-0.25, -0.2) is 0 Å². The van der Waals surface area contributed by atoms with E-state index in [-0.39, 0.29) is 39.3 Å². The molecule has 1 amide bonds. The molecule has 184 valence electrons. The first-order valence-corrected chi connectivity index (χ1v) is 12.8. The highest BCUT2D eigenvalue weighted by atomic mass is 32.2. The third-order valence-corrected chi connectivity index (χ3v) is 7.00. The van der Waals surface area contributed by atoms with E-state index in [1.165, 1.54) is 30.3 Å². The molecule has 0 saturated carbocycles. The number of carbonyl (C=O) groups excluding carboxylic acids is 3. The lowest BCUT2D eigenvalue weighted by molar-refractivity contribution is -0.111. The molecule has 0 aliphatic heterocycles. The van der Waals surface area contributed by atoms with Crippen LogP contribution in [0.3, 0.4) is 0 Å². The summed E-state index contributed by atoms with van der Waals surface area (Å²) in [6, 6.07) is 10.9. The van der Waals surface area contributed by atoms with Gasteiger partial charge in [0, 0.05) is 22.4 Å². The molecule has 0 atom stereocenters. The Morgan fingerprint density at radius 1 is 0.806 bits per heavy atom. The highest BCUT2D eigenvalue weighted by molar-refractivity contribution is 7.86. The molecule has 0 heterocycles. The van der Waals surface area contributed by atoms with Crippen molar-refractivity contribution < 1.29 is 40.3 Å². The number of ketones is 2. The molecule has 4 N–H and O–H groups in total. The minimum absolute atomic E-state index is 0.0213. The van der Waals surface area contributed by atoms with Crippen molar-refractivity contribution in [1.82, 2.24) is 0 Å². The summed E-state index contributed by atoms with van der Waals surface area (Å²) in [6.07, 6.45) is 0.937. The molecule has 0 saturated heterocycles. The first-order chi connectivity index (χ1) is 16.8. The van der Waals surface area contributed by atoms with E-state index >= 15 is 0 Å². The van der Waals surface area contributed by atoms with Crippen LogP contribution in [0.25, 0.3) is 0 Å². The number of amides is 1. The Kier molecular flexibility index (Phi) is 6.10. The summed E-state index contributed by atoms with van der Waals surface area (Å²) < 4.78 is 67.3. The summed E-state index contributed by atoms with van der Waals surface area (Å²) in [5.74, 6) is -2.01. The van der Waals surface area contributed by atoms with E-state index in [4.69, 9.17) is 0 Å². The third kappa shape index (κ3) is 4.55. The largest absolute Gasteiger partial charge is 0.354 e. The molecular weight excluding hydrogens is 512 g/mol. The van der Waals surface area contributed by atoms with Crippen LogP contribution in [0, 0.1) is 0 Å². The monoisotopic (exact) mass is 528 g/mol. The Labute approximate surface area is 205 Å². The Balaban J connectivity index is 1.94. The van der Waals surface area contributed by atoms with Crippen LogP contribution in [0.5, 0.6) is 0 Å². The molecule has 11 nitrogen and oxygen atoms in total. The van der Waals surface area contributed by atoms with E-state index in [0.717, 1.165) is 30.3 Å². The van der Waals surface area contributed by atoms with Crippen molar-refractivity contribution in [1.29, 1.82) is 0 Å². The second-order valence-electron chi connectivity index (χ2n) is 7.58. The van der Waals surface area contributed by atoms with Crippen LogP contribution in [0.1, 0.15) is 31.8 Å². The molecule has 0 radical (unpaired) electrons. The van der Waals surface area contributed by atoms with Gasteiger partial charge in [0.25, 0.3) is 20.2 Å². The van der Waals surface area contributed by atoms with Crippen molar-refractivity contribution in [3.8, 4) is 0 Å². The fourth-order valence-electron chi connectivity index (χ4n) is 3.70. The number of carbonyl (C=O) groups is 3. The summed E-state index contributed by atoms with van der Waals surface area (Å²) in [5.41, 5.74) is -1.20. The van der Waals surface area contributed by atoms with Gasteiger partial charge in [0.15, 0.2) is 11.6 Å². The average molecular weight is 529 g/mol. The quantitative estimate of drug-likeness (QED) is 0.214. The SMILES string of the molecule is C=CC(=O)Nc1ccc(Nc2cc(S(=O)(=O)O)cc3c2C(=O)c2ccccc2C3=O)c(S(=O)(=O)O)c1. The van der Waals surface area contributed by atoms with Crippen molar-refractivity contribution in [2.24, 2.45) is 0 Å². The number of anilines is 3. The third-order valence-electron chi connectivity index (χ3n) is 5.28. The lowest BCUT2D eigenvalue weighted by Crippen LogP contribution is -2.23. The van der Waals surface area contributed by atoms with Gasteiger partial charge >= 0.3 is 0 Å². The Bertz CT molecular complexity index is 1710. The Morgan fingerprint density at radius 2 is 1.44 bits per heavy atom. The minimum atomic E-state index is -4.91. The van der Waals surface area contributed by atoms with Crippen LogP contribution in [0.4, 0.5) is 17.1 Å². The fraction of sp³-hybridized carbons (Fsp3) is 0. The van der Waals surface area contributed by atoms with Gasteiger partial charge in [-0.05, 0) is 36.4 Å². The second-order valence-corrected chi connectivity index (χ2v) is 10.4. The lowest BCUT2D eigenvalue weighted by Gasteiger charge is -2.22. The van der Waals surface area contributed by atoms with Gasteiger partial charge in [-0.3, -0.25) is 23.5 Å². The molecule has 36 heavy (non-hydrogen) atoms. The molecule has 0 bridgehead atoms. The van der Waals surface area contributed by atoms with E-state index in [2.05, 4.69) is 17.2 Å². The maximum absolute atomic E-state index is 13.3. The predicted octanol–water partition coefficient (Wildman–Crippen LogP) is 2.82. The molecule has 3 aromatic rings. The van der Waals surface area contributed by atoms with Crippen LogP contribution in [0.15, 0.2) is 77.0 Å². The van der Waals surface area contributed by atoms with Crippen LogP contribution in [-0.2, 0) is 25.0 Å². The van der Waals surface area contributed by atoms with Gasteiger partial charge < -0.3 is 10.6 Å². The summed E-state index contributed by atoms with van der Waals surface area (Å²) in [5, 5.41) is 4.90. The molecule has 0 aromatic heterocycles. The highest BCUT2D eigenvalue weighted by Gasteiger charge is 2.34. The molecule has 0 spiro atoms. The van der Waals surface area contributed by atoms with E-state index in [1.807, 2.05) is 0 Å². The van der Waals surface area contributed by atoms with Crippen molar-refractivity contribution in [2.75, 3.05) is 10.6 Å². The van der Waals surface area contributed by atoms with E-state index in [1.54, 1.807) is 0 Å². The normalized spacial score (nSPS) is 12.9. The zero-order valence-corrected chi connectivity index (χ0v) is 19.7. The number of benzene rings is 3. The smallest absolute Gasteiger partial charge is 0.296 e. The van der Waals surface area contributed by atoms with Crippen LogP contribution >= 0.6 is 0 Å². The van der Waals surface area contributed by atoms with Crippen molar-refractivity contribution in [3.63, 3.8) is 0 Å². The predicted molar refractivity (Wildman–Crippen MR) is 128 cm³/mol. The molecule has 1 aliphatic rings.